The van der Waals surface area contributed by atoms with Crippen molar-refractivity contribution in [1.82, 2.24) is 10.2 Å². The topological polar surface area (TPSA) is 96.0 Å². The van der Waals surface area contributed by atoms with Crippen LogP contribution in [0.15, 0.2) is 78.9 Å². The number of methoxy groups -OCH3 is 1. The summed E-state index contributed by atoms with van der Waals surface area (Å²) in [5, 5.41) is 2.93. The molecule has 2 amide bonds. The van der Waals surface area contributed by atoms with E-state index in [0.717, 1.165) is 28.1 Å². The molecule has 0 radical (unpaired) electrons. The van der Waals surface area contributed by atoms with E-state index in [1.165, 1.54) is 18.2 Å². The average molecular weight is 584 g/mol. The Morgan fingerprint density at radius 1 is 0.976 bits per heavy atom. The zero-order valence-corrected chi connectivity index (χ0v) is 24.6. The van der Waals surface area contributed by atoms with Gasteiger partial charge in [0.05, 0.1) is 19.1 Å². The maximum absolute atomic E-state index is 14.5. The van der Waals surface area contributed by atoms with Crippen molar-refractivity contribution in [1.29, 1.82) is 0 Å². The second-order valence-corrected chi connectivity index (χ2v) is 11.7. The molecule has 0 heterocycles. The molecule has 0 fully saturated rings. The Bertz CT molecular complexity index is 1400. The highest BCUT2D eigenvalue weighted by Crippen LogP contribution is 2.23. The number of ether oxygens (including phenoxy) is 1. The van der Waals surface area contributed by atoms with Gasteiger partial charge in [0.2, 0.25) is 21.8 Å². The van der Waals surface area contributed by atoms with E-state index in [1.54, 1.807) is 24.1 Å². The van der Waals surface area contributed by atoms with Crippen LogP contribution in [0.25, 0.3) is 0 Å². The van der Waals surface area contributed by atoms with E-state index in [9.17, 15) is 22.4 Å². The second kappa shape index (κ2) is 15.2. The summed E-state index contributed by atoms with van der Waals surface area (Å²) in [6.07, 6.45) is 2.13. The van der Waals surface area contributed by atoms with Gasteiger partial charge in [-0.3, -0.25) is 13.9 Å². The second-order valence-electron chi connectivity index (χ2n) is 9.76. The maximum atomic E-state index is 14.5. The first-order valence-electron chi connectivity index (χ1n) is 13.6. The van der Waals surface area contributed by atoms with Gasteiger partial charge < -0.3 is 15.0 Å². The van der Waals surface area contributed by atoms with Crippen LogP contribution in [0.3, 0.4) is 0 Å². The number of para-hydroxylation sites is 1. The van der Waals surface area contributed by atoms with Crippen LogP contribution in [0.4, 0.5) is 10.1 Å². The van der Waals surface area contributed by atoms with E-state index in [-0.39, 0.29) is 43.4 Å². The summed E-state index contributed by atoms with van der Waals surface area (Å²) >= 11 is 0. The smallest absolute Gasteiger partial charge is 0.243 e. The molecule has 3 aromatic carbocycles. The lowest BCUT2D eigenvalue weighted by molar-refractivity contribution is -0.141. The standard InChI is InChI=1S/C31H38FN3O5S/c1-4-19-33-31(37)29(22-24-12-6-5-7-13-24)34(23-25-14-10-15-26(21-25)40-2)30(36)18-11-20-35(41(3,38)39)28-17-9-8-16-27(28)32/h5-10,12-17,21,29H,4,11,18-20,22-23H2,1-3H3,(H,33,37)/t29-/m1/s1. The zero-order chi connectivity index (χ0) is 29.8. The molecule has 0 aliphatic carbocycles. The van der Waals surface area contributed by atoms with Crippen molar-refractivity contribution in [3.05, 3.63) is 95.8 Å². The fourth-order valence-corrected chi connectivity index (χ4v) is 5.49. The molecule has 0 aliphatic heterocycles. The lowest BCUT2D eigenvalue weighted by Gasteiger charge is -2.32. The average Bonchev–Trinajstić information content (AvgIpc) is 2.96. The Balaban J connectivity index is 1.89. The number of hydrogen-bond donors (Lipinski definition) is 1. The molecule has 41 heavy (non-hydrogen) atoms. The molecule has 0 saturated carbocycles. The maximum Gasteiger partial charge on any atom is 0.243 e. The molecule has 0 unspecified atom stereocenters. The molecule has 8 nitrogen and oxygen atoms in total. The van der Waals surface area contributed by atoms with E-state index >= 15 is 0 Å². The third kappa shape index (κ3) is 9.31. The van der Waals surface area contributed by atoms with Crippen molar-refractivity contribution in [3.8, 4) is 5.75 Å². The quantitative estimate of drug-likeness (QED) is 0.283. The van der Waals surface area contributed by atoms with Crippen LogP contribution >= 0.6 is 0 Å². The first-order chi connectivity index (χ1) is 19.6. The molecule has 0 spiro atoms. The van der Waals surface area contributed by atoms with E-state index in [0.29, 0.717) is 18.7 Å². The van der Waals surface area contributed by atoms with Crippen molar-refractivity contribution in [2.75, 3.05) is 30.8 Å². The van der Waals surface area contributed by atoms with Gasteiger partial charge in [-0.15, -0.1) is 0 Å². The van der Waals surface area contributed by atoms with Gasteiger partial charge in [-0.25, -0.2) is 12.8 Å². The van der Waals surface area contributed by atoms with E-state index in [1.807, 2.05) is 55.5 Å². The minimum Gasteiger partial charge on any atom is -0.497 e. The minimum absolute atomic E-state index is 0.0449. The Labute approximate surface area is 242 Å². The van der Waals surface area contributed by atoms with E-state index in [4.69, 9.17) is 4.74 Å². The summed E-state index contributed by atoms with van der Waals surface area (Å²) in [7, 11) is -2.25. The van der Waals surface area contributed by atoms with Crippen LogP contribution in [-0.2, 0) is 32.6 Å². The van der Waals surface area contributed by atoms with Gasteiger partial charge in [0.1, 0.15) is 17.6 Å². The number of anilines is 1. The fraction of sp³-hybridized carbons (Fsp3) is 0.355. The first kappa shape index (κ1) is 31.6. The summed E-state index contributed by atoms with van der Waals surface area (Å²) in [6.45, 7) is 2.48. The molecule has 0 aliphatic rings. The highest BCUT2D eigenvalue weighted by Gasteiger charge is 2.30. The number of nitrogens with one attached hydrogen (secondary N) is 1. The van der Waals surface area contributed by atoms with Crippen LogP contribution in [0.2, 0.25) is 0 Å². The van der Waals surface area contributed by atoms with Crippen molar-refractivity contribution in [2.24, 2.45) is 0 Å². The lowest BCUT2D eigenvalue weighted by Crippen LogP contribution is -2.50. The molecule has 220 valence electrons. The predicted octanol–water partition coefficient (Wildman–Crippen LogP) is 4.55. The Hall–Kier alpha value is -3.92. The first-order valence-corrected chi connectivity index (χ1v) is 15.4. The third-order valence-corrected chi connectivity index (χ3v) is 7.76. The zero-order valence-electron chi connectivity index (χ0n) is 23.8. The number of amides is 2. The van der Waals surface area contributed by atoms with Gasteiger partial charge >= 0.3 is 0 Å². The van der Waals surface area contributed by atoms with Crippen LogP contribution in [0, 0.1) is 5.82 Å². The van der Waals surface area contributed by atoms with Gasteiger partial charge in [0.15, 0.2) is 0 Å². The number of benzene rings is 3. The molecule has 0 aromatic heterocycles. The van der Waals surface area contributed by atoms with Crippen LogP contribution in [0.5, 0.6) is 5.75 Å². The number of sulfonamides is 1. The fourth-order valence-electron chi connectivity index (χ4n) is 4.52. The Morgan fingerprint density at radius 2 is 1.66 bits per heavy atom. The Kier molecular flexibility index (Phi) is 11.7. The van der Waals surface area contributed by atoms with Gasteiger partial charge in [-0.2, -0.15) is 0 Å². The number of carbonyl (C=O) groups is 2. The van der Waals surface area contributed by atoms with Crippen molar-refractivity contribution >= 4 is 27.5 Å². The predicted molar refractivity (Wildman–Crippen MR) is 159 cm³/mol. The highest BCUT2D eigenvalue weighted by molar-refractivity contribution is 7.92. The monoisotopic (exact) mass is 583 g/mol. The molecule has 10 heteroatoms. The van der Waals surface area contributed by atoms with Crippen LogP contribution in [0.1, 0.15) is 37.3 Å². The third-order valence-electron chi connectivity index (χ3n) is 6.58. The van der Waals surface area contributed by atoms with Gasteiger partial charge in [-0.05, 0) is 48.2 Å². The molecule has 3 aromatic rings. The molecule has 0 bridgehead atoms. The summed E-state index contributed by atoms with van der Waals surface area (Å²) in [5.41, 5.74) is 1.61. The molecular formula is C31H38FN3O5S. The SMILES string of the molecule is CCCNC(=O)[C@@H](Cc1ccccc1)N(Cc1cccc(OC)c1)C(=O)CCCN(c1ccccc1F)S(C)(=O)=O. The van der Waals surface area contributed by atoms with Crippen LogP contribution < -0.4 is 14.4 Å². The lowest BCUT2D eigenvalue weighted by atomic mass is 10.0. The molecule has 1 atom stereocenters. The van der Waals surface area contributed by atoms with Gasteiger partial charge in [0, 0.05) is 32.5 Å². The van der Waals surface area contributed by atoms with Gasteiger partial charge in [0.25, 0.3) is 0 Å². The summed E-state index contributed by atoms with van der Waals surface area (Å²) < 4.78 is 45.8. The highest BCUT2D eigenvalue weighted by atomic mass is 32.2. The normalized spacial score (nSPS) is 11.9. The summed E-state index contributed by atoms with van der Waals surface area (Å²) in [5.74, 6) is -0.628. The summed E-state index contributed by atoms with van der Waals surface area (Å²) in [6, 6.07) is 21.6. The molecule has 0 saturated heterocycles. The number of hydrogen-bond acceptors (Lipinski definition) is 5. The number of nitrogens with zero attached hydrogens (tertiary/aromatic N) is 2. The minimum atomic E-state index is -3.81. The largest absolute Gasteiger partial charge is 0.497 e. The summed E-state index contributed by atoms with van der Waals surface area (Å²) in [4.78, 5) is 28.8. The Morgan fingerprint density at radius 3 is 2.32 bits per heavy atom. The molecule has 1 N–H and O–H groups in total. The van der Waals surface area contributed by atoms with E-state index < -0.39 is 21.9 Å². The molecular weight excluding hydrogens is 545 g/mol. The van der Waals surface area contributed by atoms with Crippen molar-refractivity contribution in [3.63, 3.8) is 0 Å². The number of rotatable bonds is 15. The van der Waals surface area contributed by atoms with Crippen molar-refractivity contribution in [2.45, 2.75) is 45.2 Å². The van der Waals surface area contributed by atoms with Gasteiger partial charge in [-0.1, -0.05) is 61.5 Å². The number of halogens is 1. The molecule has 3 rings (SSSR count). The van der Waals surface area contributed by atoms with E-state index in [2.05, 4.69) is 5.32 Å². The van der Waals surface area contributed by atoms with Crippen LogP contribution in [-0.4, -0.2) is 57.6 Å². The van der Waals surface area contributed by atoms with Crippen molar-refractivity contribution < 1.29 is 27.1 Å². The number of carbonyl (C=O) groups excluding carboxylic acids is 2.